The maximum absolute atomic E-state index is 2.37. The number of hydrogen-bond acceptors (Lipinski definition) is 0. The van der Waals surface area contributed by atoms with Gasteiger partial charge in [0.15, 0.2) is 0 Å². The molecule has 2 aliphatic carbocycles. The molecule has 0 radical (unpaired) electrons. The van der Waals surface area contributed by atoms with Gasteiger partial charge in [-0.25, -0.2) is 0 Å². The third-order valence-electron chi connectivity index (χ3n) is 8.05. The zero-order valence-electron chi connectivity index (χ0n) is 27.0. The molecule has 0 aromatic carbocycles. The van der Waals surface area contributed by atoms with E-state index in [2.05, 4.69) is 173 Å². The van der Waals surface area contributed by atoms with E-state index in [0.29, 0.717) is 5.92 Å². The Bertz CT molecular complexity index is 1240. The number of rotatable bonds is 10. The molecule has 0 nitrogen and oxygen atoms in total. The molecule has 0 amide bonds. The highest BCUT2D eigenvalue weighted by molar-refractivity contribution is 5.38. The Balaban J connectivity index is 1.88. The normalized spacial score (nSPS) is 23.1. The SMILES string of the molecule is CC1=CC=CC(C)(C)C1/C=C/C(C)=C/C=C/C(C)=C\C=C/C=C(C)/C=C/C=C(C)/C=C/C1=C(C)CCCC1(C)C. The van der Waals surface area contributed by atoms with Crippen molar-refractivity contribution in [1.82, 2.24) is 0 Å². The Morgan fingerprint density at radius 2 is 1.25 bits per heavy atom. The summed E-state index contributed by atoms with van der Waals surface area (Å²) < 4.78 is 0. The van der Waals surface area contributed by atoms with Gasteiger partial charge < -0.3 is 0 Å². The molecular weight excluding hydrogens is 480 g/mol. The van der Waals surface area contributed by atoms with Crippen LogP contribution >= 0.6 is 0 Å². The van der Waals surface area contributed by atoms with Crippen molar-refractivity contribution in [3.63, 3.8) is 0 Å². The van der Waals surface area contributed by atoms with Crippen LogP contribution < -0.4 is 0 Å². The lowest BCUT2D eigenvalue weighted by Gasteiger charge is -2.32. The second-order valence-electron chi connectivity index (χ2n) is 12.9. The monoisotopic (exact) mass is 534 g/mol. The standard InChI is InChI=1S/C40H54/c1-31(19-13-21-33(3)25-27-37-35(5)23-15-29-39(37,7)8)17-11-12-18-32(2)20-14-22-34(4)26-28-38-36(6)24-16-30-40(38,9)10/h11-15,17-23,25-29,37H,16,24,30H2,1-10H3/b12-11-,19-13+,20-14+,27-25+,28-26+,31-17-,32-18+,33-21+,34-22+. The van der Waals surface area contributed by atoms with Crippen LogP contribution in [0.1, 0.15) is 88.5 Å². The van der Waals surface area contributed by atoms with Gasteiger partial charge in [-0.2, -0.15) is 0 Å². The van der Waals surface area contributed by atoms with E-state index in [9.17, 15) is 0 Å². The summed E-state index contributed by atoms with van der Waals surface area (Å²) in [6, 6.07) is 0. The van der Waals surface area contributed by atoms with Crippen LogP contribution in [0.5, 0.6) is 0 Å². The summed E-state index contributed by atoms with van der Waals surface area (Å²) in [6.07, 6.45) is 41.2. The highest BCUT2D eigenvalue weighted by Crippen LogP contribution is 2.41. The van der Waals surface area contributed by atoms with Crippen molar-refractivity contribution in [2.24, 2.45) is 16.7 Å². The van der Waals surface area contributed by atoms with Gasteiger partial charge in [0.05, 0.1) is 0 Å². The van der Waals surface area contributed by atoms with Crippen LogP contribution in [0.25, 0.3) is 0 Å². The summed E-state index contributed by atoms with van der Waals surface area (Å²) in [5.41, 5.74) is 9.91. The zero-order chi connectivity index (χ0) is 29.8. The molecular formula is C40H54. The quantitative estimate of drug-likeness (QED) is 0.244. The van der Waals surface area contributed by atoms with Crippen LogP contribution in [0.3, 0.4) is 0 Å². The summed E-state index contributed by atoms with van der Waals surface area (Å²) in [7, 11) is 0. The van der Waals surface area contributed by atoms with Gasteiger partial charge in [-0.05, 0) is 77.2 Å². The highest BCUT2D eigenvalue weighted by atomic mass is 14.3. The van der Waals surface area contributed by atoms with Gasteiger partial charge >= 0.3 is 0 Å². The van der Waals surface area contributed by atoms with Crippen molar-refractivity contribution in [1.29, 1.82) is 0 Å². The molecule has 0 N–H and O–H groups in total. The van der Waals surface area contributed by atoms with Crippen molar-refractivity contribution in [3.8, 4) is 0 Å². The van der Waals surface area contributed by atoms with Crippen LogP contribution in [0.2, 0.25) is 0 Å². The molecule has 0 fully saturated rings. The fourth-order valence-electron chi connectivity index (χ4n) is 5.46. The molecule has 0 saturated carbocycles. The molecule has 2 aliphatic rings. The van der Waals surface area contributed by atoms with Crippen LogP contribution in [0.15, 0.2) is 142 Å². The lowest BCUT2D eigenvalue weighted by molar-refractivity contribution is 0.377. The third-order valence-corrected chi connectivity index (χ3v) is 8.05. The molecule has 0 saturated heterocycles. The van der Waals surface area contributed by atoms with Gasteiger partial charge in [0, 0.05) is 5.92 Å². The van der Waals surface area contributed by atoms with E-state index in [-0.39, 0.29) is 10.8 Å². The molecule has 0 heteroatoms. The minimum Gasteiger partial charge on any atom is -0.0780 e. The van der Waals surface area contributed by atoms with E-state index in [1.165, 1.54) is 52.7 Å². The summed E-state index contributed by atoms with van der Waals surface area (Å²) in [6.45, 7) is 22.5. The number of allylic oxidation sites excluding steroid dienone is 24. The second kappa shape index (κ2) is 15.6. The highest BCUT2D eigenvalue weighted by Gasteiger charge is 2.28. The molecule has 0 spiro atoms. The smallest absolute Gasteiger partial charge is 0.00662 e. The van der Waals surface area contributed by atoms with Crippen molar-refractivity contribution in [2.75, 3.05) is 0 Å². The third kappa shape index (κ3) is 11.2. The van der Waals surface area contributed by atoms with E-state index < -0.39 is 0 Å². The van der Waals surface area contributed by atoms with Crippen LogP contribution in [-0.2, 0) is 0 Å². The van der Waals surface area contributed by atoms with Gasteiger partial charge in [0.2, 0.25) is 0 Å². The lowest BCUT2D eigenvalue weighted by Crippen LogP contribution is -2.23. The molecule has 0 aromatic rings. The molecule has 0 heterocycles. The maximum atomic E-state index is 2.37. The number of hydrogen-bond donors (Lipinski definition) is 0. The Morgan fingerprint density at radius 3 is 1.80 bits per heavy atom. The molecule has 0 aromatic heterocycles. The minimum atomic E-state index is 0.163. The molecule has 0 aliphatic heterocycles. The Kier molecular flexibility index (Phi) is 12.9. The molecule has 1 unspecified atom stereocenters. The molecule has 2 rings (SSSR count). The van der Waals surface area contributed by atoms with E-state index in [1.54, 1.807) is 5.57 Å². The van der Waals surface area contributed by atoms with Crippen molar-refractivity contribution in [2.45, 2.75) is 88.5 Å². The van der Waals surface area contributed by atoms with Gasteiger partial charge in [-0.3, -0.25) is 0 Å². The van der Waals surface area contributed by atoms with Crippen molar-refractivity contribution < 1.29 is 0 Å². The first-order chi connectivity index (χ1) is 18.8. The van der Waals surface area contributed by atoms with Gasteiger partial charge in [0.25, 0.3) is 0 Å². The molecule has 214 valence electrons. The summed E-state index contributed by atoms with van der Waals surface area (Å²) in [4.78, 5) is 0. The fraction of sp³-hybridized carbons (Fsp3) is 0.400. The lowest BCUT2D eigenvalue weighted by atomic mass is 9.72. The van der Waals surface area contributed by atoms with Gasteiger partial charge in [-0.15, -0.1) is 0 Å². The summed E-state index contributed by atoms with van der Waals surface area (Å²) >= 11 is 0. The van der Waals surface area contributed by atoms with Gasteiger partial charge in [0.1, 0.15) is 0 Å². The Hall–Kier alpha value is -3.12. The molecule has 0 bridgehead atoms. The summed E-state index contributed by atoms with van der Waals surface area (Å²) in [5, 5.41) is 0. The largest absolute Gasteiger partial charge is 0.0780 e. The van der Waals surface area contributed by atoms with Crippen LogP contribution in [-0.4, -0.2) is 0 Å². The average Bonchev–Trinajstić information content (AvgIpc) is 2.85. The predicted molar refractivity (Wildman–Crippen MR) is 181 cm³/mol. The first-order valence-corrected chi connectivity index (χ1v) is 15.0. The van der Waals surface area contributed by atoms with E-state index in [0.717, 1.165) is 0 Å². The first-order valence-electron chi connectivity index (χ1n) is 15.0. The fourth-order valence-corrected chi connectivity index (χ4v) is 5.46. The average molecular weight is 535 g/mol. The van der Waals surface area contributed by atoms with E-state index in [4.69, 9.17) is 0 Å². The van der Waals surface area contributed by atoms with Crippen LogP contribution in [0.4, 0.5) is 0 Å². The zero-order valence-corrected chi connectivity index (χ0v) is 27.0. The maximum Gasteiger partial charge on any atom is 0.00662 e. The summed E-state index contributed by atoms with van der Waals surface area (Å²) in [5.74, 6) is 0.445. The molecule has 1 atom stereocenters. The van der Waals surface area contributed by atoms with E-state index >= 15 is 0 Å². The van der Waals surface area contributed by atoms with Crippen LogP contribution in [0, 0.1) is 16.7 Å². The minimum absolute atomic E-state index is 0.163. The molecule has 40 heavy (non-hydrogen) atoms. The second-order valence-corrected chi connectivity index (χ2v) is 12.9. The van der Waals surface area contributed by atoms with Gasteiger partial charge in [-0.1, -0.05) is 164 Å². The Labute approximate surface area is 247 Å². The Morgan fingerprint density at radius 1 is 0.725 bits per heavy atom. The predicted octanol–water partition coefficient (Wildman–Crippen LogP) is 12.2. The van der Waals surface area contributed by atoms with E-state index in [1.807, 2.05) is 0 Å². The topological polar surface area (TPSA) is 0 Å². The van der Waals surface area contributed by atoms with Crippen molar-refractivity contribution in [3.05, 3.63) is 142 Å². The van der Waals surface area contributed by atoms with Crippen molar-refractivity contribution >= 4 is 0 Å². The first kappa shape index (κ1) is 33.1.